The Morgan fingerprint density at radius 3 is 2.73 bits per heavy atom. The highest BCUT2D eigenvalue weighted by Gasteiger charge is 2.14. The van der Waals surface area contributed by atoms with E-state index in [2.05, 4.69) is 29.2 Å². The fraction of sp³-hybridized carbons (Fsp3) is 0.364. The van der Waals surface area contributed by atoms with Crippen molar-refractivity contribution in [3.63, 3.8) is 0 Å². The number of hydrogen-bond donors (Lipinski definition) is 1. The maximum absolute atomic E-state index is 5.43. The lowest BCUT2D eigenvalue weighted by molar-refractivity contribution is 0.414. The van der Waals surface area contributed by atoms with Gasteiger partial charge in [-0.15, -0.1) is 35.3 Å². The second-order valence-electron chi connectivity index (χ2n) is 6.90. The van der Waals surface area contributed by atoms with Crippen molar-refractivity contribution in [2.45, 2.75) is 25.8 Å². The summed E-state index contributed by atoms with van der Waals surface area (Å²) in [5.41, 5.74) is 1.14. The van der Waals surface area contributed by atoms with Crippen LogP contribution in [0.1, 0.15) is 29.2 Å². The molecule has 2 heterocycles. The number of benzene rings is 1. The average Bonchev–Trinajstić information content (AvgIpc) is 3.45. The molecule has 0 aliphatic rings. The number of rotatable bonds is 9. The van der Waals surface area contributed by atoms with Gasteiger partial charge in [0.2, 0.25) is 0 Å². The molecule has 162 valence electrons. The lowest BCUT2D eigenvalue weighted by Gasteiger charge is -2.25. The van der Waals surface area contributed by atoms with Crippen molar-refractivity contribution >= 4 is 41.3 Å². The molecule has 0 radical (unpaired) electrons. The smallest absolute Gasteiger partial charge is 0.194 e. The third-order valence-electron chi connectivity index (χ3n) is 4.59. The second-order valence-corrected chi connectivity index (χ2v) is 7.82. The van der Waals surface area contributed by atoms with Gasteiger partial charge in [-0.3, -0.25) is 0 Å². The van der Waals surface area contributed by atoms with E-state index in [4.69, 9.17) is 14.1 Å². The molecule has 8 heteroatoms. The van der Waals surface area contributed by atoms with Crippen molar-refractivity contribution in [1.82, 2.24) is 15.2 Å². The highest BCUT2D eigenvalue weighted by atomic mass is 127. The zero-order valence-electron chi connectivity index (χ0n) is 17.6. The van der Waals surface area contributed by atoms with E-state index in [9.17, 15) is 0 Å². The van der Waals surface area contributed by atoms with Gasteiger partial charge >= 0.3 is 0 Å². The van der Waals surface area contributed by atoms with Crippen LogP contribution in [0.2, 0.25) is 0 Å². The van der Waals surface area contributed by atoms with Gasteiger partial charge in [0.15, 0.2) is 5.96 Å². The molecule has 1 N–H and O–H groups in total. The van der Waals surface area contributed by atoms with Gasteiger partial charge < -0.3 is 19.4 Å². The molecule has 0 fully saturated rings. The molecule has 0 aliphatic carbocycles. The molecule has 0 saturated carbocycles. The second kappa shape index (κ2) is 12.6. The number of halogens is 1. The predicted octanol–water partition coefficient (Wildman–Crippen LogP) is 4.79. The third-order valence-corrected chi connectivity index (χ3v) is 5.59. The first-order valence-corrected chi connectivity index (χ1v) is 10.6. The number of nitrogens with zero attached hydrogens (tertiary/aromatic N) is 3. The van der Waals surface area contributed by atoms with Gasteiger partial charge in [-0.1, -0.05) is 19.1 Å². The van der Waals surface area contributed by atoms with Gasteiger partial charge in [-0.25, -0.2) is 9.98 Å². The van der Waals surface area contributed by atoms with Crippen LogP contribution >= 0.6 is 35.3 Å². The Hall–Kier alpha value is -2.07. The molecule has 0 bridgehead atoms. The van der Waals surface area contributed by atoms with Crippen molar-refractivity contribution in [2.24, 2.45) is 4.99 Å². The van der Waals surface area contributed by atoms with Crippen LogP contribution in [0, 0.1) is 0 Å². The molecule has 1 aromatic carbocycles. The van der Waals surface area contributed by atoms with E-state index >= 15 is 0 Å². The van der Waals surface area contributed by atoms with Crippen molar-refractivity contribution in [2.75, 3.05) is 27.2 Å². The monoisotopic (exact) mass is 540 g/mol. The van der Waals surface area contributed by atoms with Gasteiger partial charge in [0.25, 0.3) is 0 Å². The molecule has 0 spiro atoms. The first-order valence-electron chi connectivity index (χ1n) is 9.70. The number of nitrogens with one attached hydrogen (secondary N) is 1. The molecule has 3 rings (SSSR count). The fourth-order valence-corrected chi connectivity index (χ4v) is 3.70. The Bertz CT molecular complexity index is 867. The molecule has 0 amide bonds. The summed E-state index contributed by atoms with van der Waals surface area (Å²) in [7, 11) is 3.74. The van der Waals surface area contributed by atoms with Crippen LogP contribution in [0.5, 0.6) is 5.75 Å². The number of aromatic nitrogens is 1. The van der Waals surface area contributed by atoms with Gasteiger partial charge in [0, 0.05) is 44.1 Å². The Kier molecular flexibility index (Phi) is 10.2. The Morgan fingerprint density at radius 2 is 2.10 bits per heavy atom. The summed E-state index contributed by atoms with van der Waals surface area (Å²) in [5.74, 6) is 3.02. The van der Waals surface area contributed by atoms with Crippen LogP contribution in [0.15, 0.2) is 63.6 Å². The summed E-state index contributed by atoms with van der Waals surface area (Å²) in [5, 5.41) is 6.64. The van der Waals surface area contributed by atoms with Crippen LogP contribution in [-0.4, -0.2) is 43.1 Å². The van der Waals surface area contributed by atoms with E-state index in [0.717, 1.165) is 47.6 Å². The standard InChI is InChI=1S/C22H28N4O2S.HI/c1-17(21-23-12-14-29-21)16-26(2)22(24-11-10-20-5-4-13-28-20)25-15-18-6-8-19(27-3)9-7-18;/h4-9,12-14,17H,10-11,15-16H2,1-3H3,(H,24,25);1H. The van der Waals surface area contributed by atoms with Crippen LogP contribution in [0.4, 0.5) is 0 Å². The van der Waals surface area contributed by atoms with Crippen LogP contribution < -0.4 is 10.1 Å². The van der Waals surface area contributed by atoms with Crippen LogP contribution in [0.3, 0.4) is 0 Å². The minimum atomic E-state index is 0. The van der Waals surface area contributed by atoms with Gasteiger partial charge in [0.1, 0.15) is 11.5 Å². The third kappa shape index (κ3) is 7.32. The lowest BCUT2D eigenvalue weighted by Crippen LogP contribution is -2.41. The first-order chi connectivity index (χ1) is 14.2. The largest absolute Gasteiger partial charge is 0.497 e. The summed E-state index contributed by atoms with van der Waals surface area (Å²) >= 11 is 1.69. The van der Waals surface area contributed by atoms with E-state index in [0.29, 0.717) is 12.5 Å². The SMILES string of the molecule is COc1ccc(CN=C(NCCc2ccco2)N(C)CC(C)c2nccs2)cc1.I. The van der Waals surface area contributed by atoms with Crippen LogP contribution in [0.25, 0.3) is 0 Å². The summed E-state index contributed by atoms with van der Waals surface area (Å²) < 4.78 is 10.7. The summed E-state index contributed by atoms with van der Waals surface area (Å²) in [6, 6.07) is 11.9. The number of hydrogen-bond acceptors (Lipinski definition) is 5. The molecule has 30 heavy (non-hydrogen) atoms. The number of aliphatic imine (C=N–C) groups is 1. The van der Waals surface area contributed by atoms with Gasteiger partial charge in [0.05, 0.1) is 24.9 Å². The number of furan rings is 1. The van der Waals surface area contributed by atoms with E-state index < -0.39 is 0 Å². The predicted molar refractivity (Wildman–Crippen MR) is 133 cm³/mol. The molecule has 2 aromatic heterocycles. The number of guanidine groups is 1. The normalized spacial score (nSPS) is 12.2. The van der Waals surface area contributed by atoms with Crippen LogP contribution in [-0.2, 0) is 13.0 Å². The molecular weight excluding hydrogens is 511 g/mol. The van der Waals surface area contributed by atoms with E-state index in [1.165, 1.54) is 0 Å². The van der Waals surface area contributed by atoms with E-state index in [1.54, 1.807) is 24.7 Å². The average molecular weight is 540 g/mol. The summed E-state index contributed by atoms with van der Waals surface area (Å²) in [6.45, 7) is 4.38. The number of thiazole rings is 1. The number of ether oxygens (including phenoxy) is 1. The van der Waals surface area contributed by atoms with Gasteiger partial charge in [-0.2, -0.15) is 0 Å². The highest BCUT2D eigenvalue weighted by Crippen LogP contribution is 2.18. The van der Waals surface area contributed by atoms with Gasteiger partial charge in [-0.05, 0) is 29.8 Å². The van der Waals surface area contributed by atoms with Crippen molar-refractivity contribution in [3.8, 4) is 5.75 Å². The first kappa shape index (κ1) is 24.2. The quantitative estimate of drug-likeness (QED) is 0.240. The molecular formula is C22H29IN4O2S. The van der Waals surface area contributed by atoms with E-state index in [-0.39, 0.29) is 24.0 Å². The fourth-order valence-electron chi connectivity index (χ4n) is 3.01. The van der Waals surface area contributed by atoms with E-state index in [1.807, 2.05) is 48.0 Å². The minimum Gasteiger partial charge on any atom is -0.497 e. The summed E-state index contributed by atoms with van der Waals surface area (Å²) in [6.07, 6.45) is 4.37. The summed E-state index contributed by atoms with van der Waals surface area (Å²) in [4.78, 5) is 11.5. The van der Waals surface area contributed by atoms with Crippen molar-refractivity contribution < 1.29 is 9.15 Å². The molecule has 0 saturated heterocycles. The number of likely N-dealkylation sites (N-methyl/N-ethyl adjacent to an activating group) is 1. The van der Waals surface area contributed by atoms with Crippen molar-refractivity contribution in [3.05, 3.63) is 70.6 Å². The molecule has 0 aliphatic heterocycles. The minimum absolute atomic E-state index is 0. The molecule has 1 unspecified atom stereocenters. The Balaban J connectivity index is 0.00000320. The molecule has 6 nitrogen and oxygen atoms in total. The molecule has 1 atom stereocenters. The maximum Gasteiger partial charge on any atom is 0.194 e. The molecule has 3 aromatic rings. The zero-order valence-corrected chi connectivity index (χ0v) is 20.7. The zero-order chi connectivity index (χ0) is 20.5. The Morgan fingerprint density at radius 1 is 1.30 bits per heavy atom. The highest BCUT2D eigenvalue weighted by molar-refractivity contribution is 14.0. The van der Waals surface area contributed by atoms with Crippen molar-refractivity contribution in [1.29, 1.82) is 0 Å². The Labute approximate surface area is 199 Å². The number of methoxy groups -OCH3 is 1. The lowest BCUT2D eigenvalue weighted by atomic mass is 10.2. The topological polar surface area (TPSA) is 62.9 Å². The maximum atomic E-state index is 5.43.